The Hall–Kier alpha value is -0.600. The Morgan fingerprint density at radius 2 is 2.25 bits per heavy atom. The van der Waals surface area contributed by atoms with E-state index in [2.05, 4.69) is 11.4 Å². The molecule has 1 aliphatic heterocycles. The zero-order valence-electron chi connectivity index (χ0n) is 7.53. The van der Waals surface area contributed by atoms with Crippen LogP contribution in [0.25, 0.3) is 0 Å². The van der Waals surface area contributed by atoms with Gasteiger partial charge in [0.2, 0.25) is 0 Å². The van der Waals surface area contributed by atoms with E-state index in [-0.39, 0.29) is 6.10 Å². The van der Waals surface area contributed by atoms with Crippen LogP contribution in [0.4, 0.5) is 0 Å². The van der Waals surface area contributed by atoms with E-state index in [1.165, 1.54) is 0 Å². The van der Waals surface area contributed by atoms with Gasteiger partial charge in [0.05, 0.1) is 6.10 Å². The highest BCUT2D eigenvalue weighted by atomic mass is 16.3. The minimum Gasteiger partial charge on any atom is -0.393 e. The van der Waals surface area contributed by atoms with Gasteiger partial charge in [-0.2, -0.15) is 0 Å². The van der Waals surface area contributed by atoms with Crippen molar-refractivity contribution in [2.45, 2.75) is 31.9 Å². The van der Waals surface area contributed by atoms with Crippen LogP contribution >= 0.6 is 0 Å². The first-order valence-electron chi connectivity index (χ1n) is 4.54. The zero-order chi connectivity index (χ0) is 8.81. The molecule has 0 saturated carbocycles. The fourth-order valence-corrected chi connectivity index (χ4v) is 1.39. The van der Waals surface area contributed by atoms with Gasteiger partial charge in [0.1, 0.15) is 0 Å². The molecular formula is C10H17NO. The van der Waals surface area contributed by atoms with E-state index in [0.29, 0.717) is 6.04 Å². The average molecular weight is 167 g/mol. The topological polar surface area (TPSA) is 32.3 Å². The molecule has 12 heavy (non-hydrogen) atoms. The quantitative estimate of drug-likeness (QED) is 0.606. The molecule has 1 rings (SSSR count). The third kappa shape index (κ3) is 3.20. The molecule has 1 fully saturated rings. The second-order valence-corrected chi connectivity index (χ2v) is 3.15. The second-order valence-electron chi connectivity index (χ2n) is 3.15. The number of allylic oxidation sites excluding steroid dienone is 3. The highest BCUT2D eigenvalue weighted by Gasteiger charge is 2.16. The van der Waals surface area contributed by atoms with E-state index in [1.807, 2.05) is 25.2 Å². The van der Waals surface area contributed by atoms with Crippen molar-refractivity contribution >= 4 is 0 Å². The SMILES string of the molecule is C/C=C/C=C/C1CC(O)CCN1. The molecular weight excluding hydrogens is 150 g/mol. The number of rotatable bonds is 2. The summed E-state index contributed by atoms with van der Waals surface area (Å²) in [5.74, 6) is 0. The van der Waals surface area contributed by atoms with Gasteiger partial charge >= 0.3 is 0 Å². The first-order chi connectivity index (χ1) is 5.83. The highest BCUT2D eigenvalue weighted by Crippen LogP contribution is 2.08. The molecule has 2 unspecified atom stereocenters. The molecule has 1 aliphatic rings. The van der Waals surface area contributed by atoms with Crippen molar-refractivity contribution in [2.75, 3.05) is 6.54 Å². The predicted molar refractivity (Wildman–Crippen MR) is 51.0 cm³/mol. The van der Waals surface area contributed by atoms with E-state index in [9.17, 15) is 5.11 Å². The maximum Gasteiger partial charge on any atom is 0.0570 e. The zero-order valence-corrected chi connectivity index (χ0v) is 7.53. The highest BCUT2D eigenvalue weighted by molar-refractivity contribution is 5.06. The average Bonchev–Trinajstić information content (AvgIpc) is 2.05. The molecule has 2 atom stereocenters. The lowest BCUT2D eigenvalue weighted by molar-refractivity contribution is 0.125. The van der Waals surface area contributed by atoms with Gasteiger partial charge in [-0.15, -0.1) is 0 Å². The van der Waals surface area contributed by atoms with Crippen molar-refractivity contribution in [3.05, 3.63) is 24.3 Å². The van der Waals surface area contributed by atoms with Gasteiger partial charge in [-0.1, -0.05) is 24.3 Å². The number of hydrogen-bond acceptors (Lipinski definition) is 2. The summed E-state index contributed by atoms with van der Waals surface area (Å²) in [5, 5.41) is 12.7. The van der Waals surface area contributed by atoms with Crippen LogP contribution in [0.5, 0.6) is 0 Å². The lowest BCUT2D eigenvalue weighted by Crippen LogP contribution is -2.38. The predicted octanol–water partition coefficient (Wildman–Crippen LogP) is 1.23. The van der Waals surface area contributed by atoms with E-state index in [4.69, 9.17) is 0 Å². The van der Waals surface area contributed by atoms with Gasteiger partial charge in [0, 0.05) is 6.04 Å². The summed E-state index contributed by atoms with van der Waals surface area (Å²) in [6.45, 7) is 2.92. The number of piperidine rings is 1. The molecule has 0 spiro atoms. The Labute approximate surface area is 74.0 Å². The van der Waals surface area contributed by atoms with Gasteiger partial charge in [-0.05, 0) is 26.3 Å². The molecule has 1 heterocycles. The molecule has 68 valence electrons. The second kappa shape index (κ2) is 5.12. The molecule has 0 amide bonds. The van der Waals surface area contributed by atoms with Crippen molar-refractivity contribution in [2.24, 2.45) is 0 Å². The normalized spacial score (nSPS) is 31.8. The van der Waals surface area contributed by atoms with Crippen molar-refractivity contribution < 1.29 is 5.11 Å². The van der Waals surface area contributed by atoms with Gasteiger partial charge < -0.3 is 10.4 Å². The Bertz CT molecular complexity index is 175. The number of aliphatic hydroxyl groups is 1. The maximum atomic E-state index is 9.34. The van der Waals surface area contributed by atoms with Crippen LogP contribution in [0.3, 0.4) is 0 Å². The lowest BCUT2D eigenvalue weighted by atomic mass is 10.0. The van der Waals surface area contributed by atoms with E-state index < -0.39 is 0 Å². The van der Waals surface area contributed by atoms with E-state index in [1.54, 1.807) is 0 Å². The number of aliphatic hydroxyl groups excluding tert-OH is 1. The molecule has 0 aliphatic carbocycles. The maximum absolute atomic E-state index is 9.34. The fourth-order valence-electron chi connectivity index (χ4n) is 1.39. The Morgan fingerprint density at radius 3 is 2.92 bits per heavy atom. The minimum absolute atomic E-state index is 0.119. The summed E-state index contributed by atoms with van der Waals surface area (Å²) >= 11 is 0. The van der Waals surface area contributed by atoms with Crippen LogP contribution in [-0.4, -0.2) is 23.8 Å². The standard InChI is InChI=1S/C10H17NO/c1-2-3-4-5-9-8-10(12)6-7-11-9/h2-5,9-12H,6-8H2,1H3/b3-2+,5-4+. The summed E-state index contributed by atoms with van der Waals surface area (Å²) in [6.07, 6.45) is 9.73. The summed E-state index contributed by atoms with van der Waals surface area (Å²) < 4.78 is 0. The van der Waals surface area contributed by atoms with Crippen molar-refractivity contribution in [1.29, 1.82) is 0 Å². The fraction of sp³-hybridized carbons (Fsp3) is 0.600. The first-order valence-corrected chi connectivity index (χ1v) is 4.54. The van der Waals surface area contributed by atoms with E-state index >= 15 is 0 Å². The summed E-state index contributed by atoms with van der Waals surface area (Å²) in [5.41, 5.74) is 0. The minimum atomic E-state index is -0.119. The largest absolute Gasteiger partial charge is 0.393 e. The molecule has 0 aromatic rings. The Morgan fingerprint density at radius 1 is 1.42 bits per heavy atom. The lowest BCUT2D eigenvalue weighted by Gasteiger charge is -2.24. The van der Waals surface area contributed by atoms with Crippen molar-refractivity contribution in [1.82, 2.24) is 5.32 Å². The summed E-state index contributed by atoms with van der Waals surface area (Å²) in [7, 11) is 0. The number of hydrogen-bond donors (Lipinski definition) is 2. The van der Waals surface area contributed by atoms with Crippen LogP contribution in [0.2, 0.25) is 0 Å². The molecule has 0 aromatic carbocycles. The Balaban J connectivity index is 2.31. The van der Waals surface area contributed by atoms with Crippen molar-refractivity contribution in [3.8, 4) is 0 Å². The third-order valence-corrected chi connectivity index (χ3v) is 2.06. The molecule has 2 nitrogen and oxygen atoms in total. The summed E-state index contributed by atoms with van der Waals surface area (Å²) in [4.78, 5) is 0. The van der Waals surface area contributed by atoms with Crippen LogP contribution in [0, 0.1) is 0 Å². The van der Waals surface area contributed by atoms with Gasteiger partial charge in [-0.3, -0.25) is 0 Å². The smallest absolute Gasteiger partial charge is 0.0570 e. The molecule has 0 aromatic heterocycles. The molecule has 2 heteroatoms. The number of nitrogens with one attached hydrogen (secondary N) is 1. The molecule has 1 saturated heterocycles. The summed E-state index contributed by atoms with van der Waals surface area (Å²) in [6, 6.07) is 0.352. The molecule has 0 bridgehead atoms. The molecule has 0 radical (unpaired) electrons. The van der Waals surface area contributed by atoms with Crippen LogP contribution in [0.1, 0.15) is 19.8 Å². The van der Waals surface area contributed by atoms with Crippen molar-refractivity contribution in [3.63, 3.8) is 0 Å². The first kappa shape index (κ1) is 9.49. The van der Waals surface area contributed by atoms with Crippen LogP contribution in [0.15, 0.2) is 24.3 Å². The monoisotopic (exact) mass is 167 g/mol. The van der Waals surface area contributed by atoms with Crippen LogP contribution < -0.4 is 5.32 Å². The van der Waals surface area contributed by atoms with Gasteiger partial charge in [0.15, 0.2) is 0 Å². The Kier molecular flexibility index (Phi) is 4.05. The van der Waals surface area contributed by atoms with Crippen LogP contribution in [-0.2, 0) is 0 Å². The van der Waals surface area contributed by atoms with E-state index in [0.717, 1.165) is 19.4 Å². The third-order valence-electron chi connectivity index (χ3n) is 2.06. The van der Waals surface area contributed by atoms with Gasteiger partial charge in [-0.25, -0.2) is 0 Å². The molecule has 2 N–H and O–H groups in total. The van der Waals surface area contributed by atoms with Gasteiger partial charge in [0.25, 0.3) is 0 Å².